The van der Waals surface area contributed by atoms with E-state index in [1.165, 1.54) is 0 Å². The van der Waals surface area contributed by atoms with E-state index in [4.69, 9.17) is 9.72 Å². The van der Waals surface area contributed by atoms with Crippen molar-refractivity contribution >= 4 is 28.5 Å². The monoisotopic (exact) mass is 451 g/mol. The number of hydrogen-bond acceptors (Lipinski definition) is 5. The molecule has 3 aromatic rings. The third kappa shape index (κ3) is 5.50. The summed E-state index contributed by atoms with van der Waals surface area (Å²) >= 11 is 0. The first kappa shape index (κ1) is 24.2. The Labute approximate surface area is 194 Å². The van der Waals surface area contributed by atoms with Crippen LogP contribution >= 0.6 is 0 Å². The molecule has 8 nitrogen and oxygen atoms in total. The molecule has 0 saturated carbocycles. The number of carbonyl (C=O) groups excluding carboxylic acids is 2. The van der Waals surface area contributed by atoms with E-state index >= 15 is 0 Å². The number of carbonyl (C=O) groups is 2. The minimum Gasteiger partial charge on any atom is -0.494 e. The summed E-state index contributed by atoms with van der Waals surface area (Å²) in [7, 11) is 0. The van der Waals surface area contributed by atoms with Gasteiger partial charge in [-0.05, 0) is 70.9 Å². The molecule has 176 valence electrons. The second-order valence-corrected chi connectivity index (χ2v) is 9.30. The van der Waals surface area contributed by atoms with Gasteiger partial charge >= 0.3 is 0 Å². The molecule has 0 unspecified atom stereocenters. The first-order valence-electron chi connectivity index (χ1n) is 11.2. The van der Waals surface area contributed by atoms with Crippen LogP contribution in [0.3, 0.4) is 0 Å². The number of hydrogen-bond donors (Lipinski definition) is 2. The van der Waals surface area contributed by atoms with Crippen LogP contribution in [0.4, 0.5) is 5.69 Å². The van der Waals surface area contributed by atoms with Crippen molar-refractivity contribution in [3.05, 3.63) is 47.3 Å². The summed E-state index contributed by atoms with van der Waals surface area (Å²) in [5.74, 6) is 0.219. The summed E-state index contributed by atoms with van der Waals surface area (Å²) < 4.78 is 7.27. The zero-order valence-electron chi connectivity index (χ0n) is 20.4. The molecule has 2 heterocycles. The molecule has 0 aliphatic carbocycles. The number of fused-ring (bicyclic) bond motifs is 1. The predicted molar refractivity (Wildman–Crippen MR) is 130 cm³/mol. The zero-order chi connectivity index (χ0) is 24.3. The number of ether oxygens (including phenoxy) is 1. The van der Waals surface area contributed by atoms with E-state index in [0.717, 1.165) is 17.1 Å². The molecule has 0 radical (unpaired) electrons. The van der Waals surface area contributed by atoms with Crippen LogP contribution in [0, 0.1) is 6.92 Å². The van der Waals surface area contributed by atoms with Crippen LogP contribution in [-0.2, 0) is 10.3 Å². The molecule has 3 rings (SSSR count). The van der Waals surface area contributed by atoms with E-state index in [-0.39, 0.29) is 29.8 Å². The maximum atomic E-state index is 13.1. The van der Waals surface area contributed by atoms with Gasteiger partial charge in [0.2, 0.25) is 5.91 Å². The van der Waals surface area contributed by atoms with Gasteiger partial charge in [-0.3, -0.25) is 9.59 Å². The Balaban J connectivity index is 1.81. The van der Waals surface area contributed by atoms with Gasteiger partial charge in [0, 0.05) is 11.4 Å². The van der Waals surface area contributed by atoms with Crippen LogP contribution < -0.4 is 15.4 Å². The van der Waals surface area contributed by atoms with Crippen molar-refractivity contribution in [3.63, 3.8) is 0 Å². The second-order valence-electron chi connectivity index (χ2n) is 9.30. The second kappa shape index (κ2) is 9.60. The Morgan fingerprint density at radius 1 is 1.15 bits per heavy atom. The molecule has 2 aromatic heterocycles. The summed E-state index contributed by atoms with van der Waals surface area (Å²) in [6.45, 7) is 14.4. The van der Waals surface area contributed by atoms with Gasteiger partial charge in [0.15, 0.2) is 5.65 Å². The fourth-order valence-electron chi connectivity index (χ4n) is 3.51. The molecule has 0 bridgehead atoms. The lowest BCUT2D eigenvalue weighted by Gasteiger charge is -2.20. The number of nitrogens with one attached hydrogen (secondary N) is 2. The lowest BCUT2D eigenvalue weighted by molar-refractivity contribution is -0.115. The van der Waals surface area contributed by atoms with Gasteiger partial charge < -0.3 is 15.4 Å². The fourth-order valence-corrected chi connectivity index (χ4v) is 3.51. The normalized spacial score (nSPS) is 11.6. The topological polar surface area (TPSA) is 98.1 Å². The van der Waals surface area contributed by atoms with E-state index in [1.807, 2.05) is 53.1 Å². The van der Waals surface area contributed by atoms with Crippen molar-refractivity contribution in [2.45, 2.75) is 59.9 Å². The van der Waals surface area contributed by atoms with Gasteiger partial charge in [0.25, 0.3) is 5.91 Å². The lowest BCUT2D eigenvalue weighted by atomic mass is 10.0. The van der Waals surface area contributed by atoms with Crippen molar-refractivity contribution in [1.29, 1.82) is 0 Å². The number of pyridine rings is 1. The van der Waals surface area contributed by atoms with Gasteiger partial charge in [-0.1, -0.05) is 13.8 Å². The van der Waals surface area contributed by atoms with Crippen LogP contribution in [0.1, 0.15) is 69.2 Å². The van der Waals surface area contributed by atoms with Crippen LogP contribution in [0.5, 0.6) is 5.75 Å². The SMILES string of the molecule is CCOc1ccc(NC(=O)CNC(=O)c2cc(C(C)C)nc3c2c(C)nn3C(C)(C)C)cc1. The average Bonchev–Trinajstić information content (AvgIpc) is 3.10. The smallest absolute Gasteiger partial charge is 0.252 e. The third-order valence-electron chi connectivity index (χ3n) is 5.16. The highest BCUT2D eigenvalue weighted by molar-refractivity contribution is 6.08. The molecule has 8 heteroatoms. The molecule has 0 aliphatic rings. The molecule has 0 saturated heterocycles. The Kier molecular flexibility index (Phi) is 7.05. The van der Waals surface area contributed by atoms with Gasteiger partial charge in [0.05, 0.1) is 35.3 Å². The highest BCUT2D eigenvalue weighted by atomic mass is 16.5. The number of amides is 2. The highest BCUT2D eigenvalue weighted by Gasteiger charge is 2.25. The molecule has 0 fully saturated rings. The highest BCUT2D eigenvalue weighted by Crippen LogP contribution is 2.28. The Morgan fingerprint density at radius 2 is 1.82 bits per heavy atom. The number of rotatable bonds is 7. The first-order valence-corrected chi connectivity index (χ1v) is 11.2. The number of nitrogens with zero attached hydrogens (tertiary/aromatic N) is 3. The van der Waals surface area contributed by atoms with Crippen molar-refractivity contribution < 1.29 is 14.3 Å². The summed E-state index contributed by atoms with van der Waals surface area (Å²) in [4.78, 5) is 30.4. The largest absolute Gasteiger partial charge is 0.494 e. The molecule has 2 N–H and O–H groups in total. The van der Waals surface area contributed by atoms with Gasteiger partial charge in [-0.15, -0.1) is 0 Å². The molecule has 33 heavy (non-hydrogen) atoms. The number of anilines is 1. The molecular weight excluding hydrogens is 418 g/mol. The summed E-state index contributed by atoms with van der Waals surface area (Å²) in [6, 6.07) is 8.89. The summed E-state index contributed by atoms with van der Waals surface area (Å²) in [5, 5.41) is 10.9. The van der Waals surface area contributed by atoms with Crippen LogP contribution in [0.2, 0.25) is 0 Å². The van der Waals surface area contributed by atoms with E-state index in [1.54, 1.807) is 30.3 Å². The van der Waals surface area contributed by atoms with Gasteiger partial charge in [0.1, 0.15) is 5.75 Å². The van der Waals surface area contributed by atoms with Crippen molar-refractivity contribution in [2.24, 2.45) is 0 Å². The number of aryl methyl sites for hydroxylation is 1. The van der Waals surface area contributed by atoms with Gasteiger partial charge in [-0.25, -0.2) is 9.67 Å². The van der Waals surface area contributed by atoms with E-state index < -0.39 is 0 Å². The molecule has 0 spiro atoms. The number of benzene rings is 1. The number of aromatic nitrogens is 3. The maximum absolute atomic E-state index is 13.1. The van der Waals surface area contributed by atoms with Crippen molar-refractivity contribution in [2.75, 3.05) is 18.5 Å². The van der Waals surface area contributed by atoms with E-state index in [2.05, 4.69) is 15.7 Å². The molecule has 0 atom stereocenters. The van der Waals surface area contributed by atoms with Crippen molar-refractivity contribution in [1.82, 2.24) is 20.1 Å². The average molecular weight is 452 g/mol. The van der Waals surface area contributed by atoms with E-state index in [9.17, 15) is 9.59 Å². The standard InChI is InChI=1S/C25H33N5O3/c1-8-33-18-11-9-17(10-12-18)27-21(31)14-26-24(32)19-13-20(15(2)3)28-23-22(19)16(4)29-30(23)25(5,6)7/h9-13,15H,8,14H2,1-7H3,(H,26,32)(H,27,31). The molecular formula is C25H33N5O3. The first-order chi connectivity index (χ1) is 15.5. The zero-order valence-corrected chi connectivity index (χ0v) is 20.4. The lowest BCUT2D eigenvalue weighted by Crippen LogP contribution is -2.33. The predicted octanol–water partition coefficient (Wildman–Crippen LogP) is 4.39. The fraction of sp³-hybridized carbons (Fsp3) is 0.440. The van der Waals surface area contributed by atoms with Crippen molar-refractivity contribution in [3.8, 4) is 5.75 Å². The molecule has 1 aromatic carbocycles. The summed E-state index contributed by atoms with van der Waals surface area (Å²) in [6.07, 6.45) is 0. The Bertz CT molecular complexity index is 1160. The third-order valence-corrected chi connectivity index (χ3v) is 5.16. The van der Waals surface area contributed by atoms with Crippen LogP contribution in [-0.4, -0.2) is 39.7 Å². The Hall–Kier alpha value is -3.42. The Morgan fingerprint density at radius 3 is 2.39 bits per heavy atom. The van der Waals surface area contributed by atoms with Crippen LogP contribution in [0.25, 0.3) is 11.0 Å². The summed E-state index contributed by atoms with van der Waals surface area (Å²) in [5.41, 5.74) is 3.03. The minimum atomic E-state index is -0.331. The maximum Gasteiger partial charge on any atom is 0.252 e. The quantitative estimate of drug-likeness (QED) is 0.555. The van der Waals surface area contributed by atoms with Crippen LogP contribution in [0.15, 0.2) is 30.3 Å². The molecule has 0 aliphatic heterocycles. The minimum absolute atomic E-state index is 0.132. The molecule has 2 amide bonds. The van der Waals surface area contributed by atoms with Gasteiger partial charge in [-0.2, -0.15) is 5.10 Å². The van der Waals surface area contributed by atoms with E-state index in [0.29, 0.717) is 28.9 Å².